The number of nitrogens with two attached hydrogens (primary N) is 1. The molecule has 0 aromatic rings. The van der Waals surface area contributed by atoms with E-state index in [2.05, 4.69) is 0 Å². The average molecular weight is 164 g/mol. The molecule has 0 radical (unpaired) electrons. The van der Waals surface area contributed by atoms with Crippen LogP contribution >= 0.6 is 0 Å². The summed E-state index contributed by atoms with van der Waals surface area (Å²) >= 11 is 0. The van der Waals surface area contributed by atoms with Gasteiger partial charge in [-0.3, -0.25) is 4.79 Å². The highest BCUT2D eigenvalue weighted by Crippen LogP contribution is 2.06. The molecule has 0 aliphatic carbocycles. The topological polar surface area (TPSA) is 46.3 Å². The standard InChI is InChI=1S/C9H12N2O/c1-11-7-3-2-4-8(11)5-6-9(10)12/h2-8H,1H3,(H2,10,12). The molecule has 1 rings (SSSR count). The second-order valence-electron chi connectivity index (χ2n) is 2.64. The Hall–Kier alpha value is -1.51. The maximum Gasteiger partial charge on any atom is 0.241 e. The van der Waals surface area contributed by atoms with Gasteiger partial charge < -0.3 is 10.6 Å². The highest BCUT2D eigenvalue weighted by molar-refractivity contribution is 5.85. The molecule has 2 N–H and O–H groups in total. The van der Waals surface area contributed by atoms with Crippen molar-refractivity contribution >= 4 is 5.91 Å². The van der Waals surface area contributed by atoms with E-state index in [9.17, 15) is 4.79 Å². The molecule has 12 heavy (non-hydrogen) atoms. The van der Waals surface area contributed by atoms with Gasteiger partial charge >= 0.3 is 0 Å². The first-order chi connectivity index (χ1) is 5.70. The number of hydrogen-bond acceptors (Lipinski definition) is 2. The predicted molar refractivity (Wildman–Crippen MR) is 48.2 cm³/mol. The number of carbonyl (C=O) groups is 1. The summed E-state index contributed by atoms with van der Waals surface area (Å²) in [5.74, 6) is -0.411. The maximum absolute atomic E-state index is 10.4. The minimum absolute atomic E-state index is 0.141. The summed E-state index contributed by atoms with van der Waals surface area (Å²) in [4.78, 5) is 12.4. The Kier molecular flexibility index (Phi) is 2.69. The summed E-state index contributed by atoms with van der Waals surface area (Å²) in [6.07, 6.45) is 11.0. The molecule has 1 amide bonds. The van der Waals surface area contributed by atoms with Crippen LogP contribution in [0.1, 0.15) is 0 Å². The summed E-state index contributed by atoms with van der Waals surface area (Å²) in [7, 11) is 1.94. The summed E-state index contributed by atoms with van der Waals surface area (Å²) in [5, 5.41) is 0. The van der Waals surface area contributed by atoms with Crippen molar-refractivity contribution in [3.63, 3.8) is 0 Å². The van der Waals surface area contributed by atoms with E-state index in [1.807, 2.05) is 36.4 Å². The van der Waals surface area contributed by atoms with Crippen LogP contribution in [0.25, 0.3) is 0 Å². The molecule has 3 heteroatoms. The zero-order valence-corrected chi connectivity index (χ0v) is 6.97. The summed E-state index contributed by atoms with van der Waals surface area (Å²) in [6, 6.07) is 0.141. The molecule has 1 aliphatic heterocycles. The lowest BCUT2D eigenvalue weighted by molar-refractivity contribution is -0.113. The molecule has 1 heterocycles. The highest BCUT2D eigenvalue weighted by atomic mass is 16.1. The third-order valence-electron chi connectivity index (χ3n) is 1.67. The minimum Gasteiger partial charge on any atom is -0.371 e. The smallest absolute Gasteiger partial charge is 0.241 e. The fourth-order valence-corrected chi connectivity index (χ4v) is 0.992. The number of primary amides is 1. The van der Waals surface area contributed by atoms with E-state index in [1.54, 1.807) is 6.08 Å². The van der Waals surface area contributed by atoms with Gasteiger partial charge in [-0.15, -0.1) is 0 Å². The number of rotatable bonds is 2. The van der Waals surface area contributed by atoms with E-state index in [4.69, 9.17) is 5.73 Å². The van der Waals surface area contributed by atoms with Gasteiger partial charge in [0.05, 0.1) is 6.04 Å². The Morgan fingerprint density at radius 3 is 2.92 bits per heavy atom. The van der Waals surface area contributed by atoms with Crippen molar-refractivity contribution in [3.8, 4) is 0 Å². The largest absolute Gasteiger partial charge is 0.371 e. The lowest BCUT2D eigenvalue weighted by atomic mass is 10.2. The summed E-state index contributed by atoms with van der Waals surface area (Å²) < 4.78 is 0. The first kappa shape index (κ1) is 8.59. The van der Waals surface area contributed by atoms with Crippen LogP contribution in [0.5, 0.6) is 0 Å². The van der Waals surface area contributed by atoms with E-state index in [-0.39, 0.29) is 6.04 Å². The Balaban J connectivity index is 2.58. The lowest BCUT2D eigenvalue weighted by Gasteiger charge is -2.22. The number of amides is 1. The Labute approximate surface area is 71.8 Å². The molecule has 0 saturated heterocycles. The SMILES string of the molecule is CN1C=CC=CC1C=CC(N)=O. The molecule has 1 unspecified atom stereocenters. The maximum atomic E-state index is 10.4. The van der Waals surface area contributed by atoms with Crippen LogP contribution in [0.2, 0.25) is 0 Å². The van der Waals surface area contributed by atoms with Crippen molar-refractivity contribution in [2.24, 2.45) is 5.73 Å². The molecular formula is C9H12N2O. The van der Waals surface area contributed by atoms with Gasteiger partial charge in [0.1, 0.15) is 0 Å². The predicted octanol–water partition coefficient (Wildman–Crippen LogP) is 0.412. The molecule has 1 atom stereocenters. The molecule has 0 spiro atoms. The van der Waals surface area contributed by atoms with Crippen LogP contribution in [0.15, 0.2) is 36.6 Å². The van der Waals surface area contributed by atoms with E-state index >= 15 is 0 Å². The van der Waals surface area contributed by atoms with Gasteiger partial charge in [-0.05, 0) is 12.3 Å². The molecule has 0 saturated carbocycles. The van der Waals surface area contributed by atoms with Crippen molar-refractivity contribution in [3.05, 3.63) is 36.6 Å². The van der Waals surface area contributed by atoms with Gasteiger partial charge in [0, 0.05) is 13.1 Å². The number of allylic oxidation sites excluding steroid dienone is 2. The lowest BCUT2D eigenvalue weighted by Crippen LogP contribution is -2.24. The number of likely N-dealkylation sites (N-methyl/N-ethyl adjacent to an activating group) is 1. The van der Waals surface area contributed by atoms with Crippen molar-refractivity contribution in [1.29, 1.82) is 0 Å². The zero-order valence-electron chi connectivity index (χ0n) is 6.97. The van der Waals surface area contributed by atoms with Gasteiger partial charge in [-0.2, -0.15) is 0 Å². The molecule has 0 aromatic carbocycles. The van der Waals surface area contributed by atoms with E-state index < -0.39 is 5.91 Å². The Bertz CT molecular complexity index is 253. The van der Waals surface area contributed by atoms with Crippen LogP contribution in [0.3, 0.4) is 0 Å². The van der Waals surface area contributed by atoms with Crippen molar-refractivity contribution in [2.75, 3.05) is 7.05 Å². The summed E-state index contributed by atoms with van der Waals surface area (Å²) in [5.41, 5.74) is 4.97. The molecule has 3 nitrogen and oxygen atoms in total. The molecule has 0 fully saturated rings. The van der Waals surface area contributed by atoms with Crippen LogP contribution in [-0.2, 0) is 4.79 Å². The number of carbonyl (C=O) groups excluding carboxylic acids is 1. The van der Waals surface area contributed by atoms with Crippen LogP contribution in [0, 0.1) is 0 Å². The van der Waals surface area contributed by atoms with Gasteiger partial charge in [0.25, 0.3) is 0 Å². The molecular weight excluding hydrogens is 152 g/mol. The second kappa shape index (κ2) is 3.76. The second-order valence-corrected chi connectivity index (χ2v) is 2.64. The Morgan fingerprint density at radius 1 is 1.58 bits per heavy atom. The highest BCUT2D eigenvalue weighted by Gasteiger charge is 2.05. The first-order valence-electron chi connectivity index (χ1n) is 3.75. The molecule has 0 bridgehead atoms. The zero-order chi connectivity index (χ0) is 8.97. The minimum atomic E-state index is -0.411. The average Bonchev–Trinajstić information content (AvgIpc) is 2.03. The van der Waals surface area contributed by atoms with Gasteiger partial charge in [0.2, 0.25) is 5.91 Å². The van der Waals surface area contributed by atoms with Crippen molar-refractivity contribution in [2.45, 2.75) is 6.04 Å². The first-order valence-corrected chi connectivity index (χ1v) is 3.75. The van der Waals surface area contributed by atoms with Crippen molar-refractivity contribution in [1.82, 2.24) is 4.90 Å². The summed E-state index contributed by atoms with van der Waals surface area (Å²) in [6.45, 7) is 0. The van der Waals surface area contributed by atoms with E-state index in [0.717, 1.165) is 0 Å². The van der Waals surface area contributed by atoms with Crippen LogP contribution in [0.4, 0.5) is 0 Å². The molecule has 1 aliphatic rings. The van der Waals surface area contributed by atoms with Gasteiger partial charge in [0.15, 0.2) is 0 Å². The quantitative estimate of drug-likeness (QED) is 0.601. The number of nitrogens with zero attached hydrogens (tertiary/aromatic N) is 1. The van der Waals surface area contributed by atoms with Crippen LogP contribution < -0.4 is 5.73 Å². The van der Waals surface area contributed by atoms with Crippen LogP contribution in [-0.4, -0.2) is 23.9 Å². The monoisotopic (exact) mass is 164 g/mol. The number of hydrogen-bond donors (Lipinski definition) is 1. The van der Waals surface area contributed by atoms with Crippen molar-refractivity contribution < 1.29 is 4.79 Å². The van der Waals surface area contributed by atoms with E-state index in [0.29, 0.717) is 0 Å². The normalized spacial score (nSPS) is 22.1. The van der Waals surface area contributed by atoms with Gasteiger partial charge in [-0.1, -0.05) is 18.2 Å². The fraction of sp³-hybridized carbons (Fsp3) is 0.222. The molecule has 0 aromatic heterocycles. The van der Waals surface area contributed by atoms with Gasteiger partial charge in [-0.25, -0.2) is 0 Å². The third-order valence-corrected chi connectivity index (χ3v) is 1.67. The third kappa shape index (κ3) is 2.27. The molecule has 64 valence electrons. The van der Waals surface area contributed by atoms with E-state index in [1.165, 1.54) is 6.08 Å². The Morgan fingerprint density at radius 2 is 2.33 bits per heavy atom. The fourth-order valence-electron chi connectivity index (χ4n) is 0.992.